The van der Waals surface area contributed by atoms with E-state index in [0.29, 0.717) is 10.1 Å². The van der Waals surface area contributed by atoms with Crippen molar-refractivity contribution >= 4 is 15.9 Å². The van der Waals surface area contributed by atoms with E-state index < -0.39 is 12.2 Å². The second-order valence-corrected chi connectivity index (χ2v) is 3.38. The summed E-state index contributed by atoms with van der Waals surface area (Å²) in [5.74, 6) is 0. The van der Waals surface area contributed by atoms with E-state index in [0.717, 1.165) is 6.08 Å². The van der Waals surface area contributed by atoms with Crippen molar-refractivity contribution in [1.29, 1.82) is 0 Å². The van der Waals surface area contributed by atoms with Crippen LogP contribution in [0.5, 0.6) is 0 Å². The van der Waals surface area contributed by atoms with E-state index in [1.54, 1.807) is 6.92 Å². The molecule has 0 aromatic carbocycles. The van der Waals surface area contributed by atoms with Crippen molar-refractivity contribution < 1.29 is 13.2 Å². The van der Waals surface area contributed by atoms with E-state index in [1.807, 2.05) is 13.8 Å². The van der Waals surface area contributed by atoms with E-state index in [4.69, 9.17) is 0 Å². The van der Waals surface area contributed by atoms with Gasteiger partial charge in [0, 0.05) is 10.7 Å². The minimum absolute atomic E-state index is 0.594. The van der Waals surface area contributed by atoms with Gasteiger partial charge in [0.25, 0.3) is 0 Å². The highest BCUT2D eigenvalue weighted by atomic mass is 79.9. The Morgan fingerprint density at radius 2 is 1.86 bits per heavy atom. The van der Waals surface area contributed by atoms with Crippen LogP contribution in [0.25, 0.3) is 0 Å². The summed E-state index contributed by atoms with van der Waals surface area (Å²) in [6.07, 6.45) is -1.76. The molecule has 82 valence electrons. The molecule has 1 rings (SSSR count). The fraction of sp³-hybridized carbons (Fsp3) is 0.556. The molecule has 0 aromatic heterocycles. The van der Waals surface area contributed by atoms with E-state index in [1.165, 1.54) is 6.20 Å². The van der Waals surface area contributed by atoms with Crippen LogP contribution < -0.4 is 5.32 Å². The largest absolute Gasteiger partial charge is 0.412 e. The molecule has 0 saturated heterocycles. The second kappa shape index (κ2) is 5.44. The number of rotatable bonds is 0. The van der Waals surface area contributed by atoms with Crippen LogP contribution in [0.3, 0.4) is 0 Å². The molecular formula is C9H13BrF3N. The molecule has 0 fully saturated rings. The molecule has 1 unspecified atom stereocenters. The van der Waals surface area contributed by atoms with Crippen LogP contribution in [-0.2, 0) is 0 Å². The standard InChI is InChI=1S/C7H7BrF3N.C2H6/c1-4-2-6(7(9,10)11)12-3-5(4)8;1-2/h2-3,6,12H,1H3;1-2H3. The lowest BCUT2D eigenvalue weighted by Gasteiger charge is -2.21. The van der Waals surface area contributed by atoms with Crippen molar-refractivity contribution in [1.82, 2.24) is 5.32 Å². The second-order valence-electron chi connectivity index (χ2n) is 2.53. The van der Waals surface area contributed by atoms with Gasteiger partial charge in [0.15, 0.2) is 0 Å². The smallest absolute Gasteiger partial charge is 0.376 e. The molecule has 1 N–H and O–H groups in total. The van der Waals surface area contributed by atoms with Crippen molar-refractivity contribution in [3.05, 3.63) is 22.3 Å². The molecule has 1 nitrogen and oxygen atoms in total. The number of halogens is 4. The highest BCUT2D eigenvalue weighted by Crippen LogP contribution is 2.27. The summed E-state index contributed by atoms with van der Waals surface area (Å²) in [6, 6.07) is -1.56. The molecule has 0 spiro atoms. The topological polar surface area (TPSA) is 12.0 Å². The number of nitrogens with one attached hydrogen (secondary N) is 1. The number of hydrogen-bond acceptors (Lipinski definition) is 1. The average molecular weight is 272 g/mol. The average Bonchev–Trinajstić information content (AvgIpc) is 2.11. The van der Waals surface area contributed by atoms with Crippen LogP contribution in [0.1, 0.15) is 20.8 Å². The quantitative estimate of drug-likeness (QED) is 0.708. The third-order valence-electron chi connectivity index (χ3n) is 1.54. The molecule has 14 heavy (non-hydrogen) atoms. The first kappa shape index (κ1) is 13.5. The summed E-state index contributed by atoms with van der Waals surface area (Å²) in [5.41, 5.74) is 0.594. The maximum atomic E-state index is 12.1. The van der Waals surface area contributed by atoms with Crippen LogP contribution >= 0.6 is 15.9 Å². The molecule has 1 atom stereocenters. The van der Waals surface area contributed by atoms with Crippen LogP contribution in [0.15, 0.2) is 22.3 Å². The Bertz CT molecular complexity index is 243. The van der Waals surface area contributed by atoms with Gasteiger partial charge in [-0.3, -0.25) is 0 Å². The molecule has 0 radical (unpaired) electrons. The summed E-state index contributed by atoms with van der Waals surface area (Å²) < 4.78 is 36.9. The van der Waals surface area contributed by atoms with Gasteiger partial charge in [-0.25, -0.2) is 0 Å². The fourth-order valence-corrected chi connectivity index (χ4v) is 1.11. The van der Waals surface area contributed by atoms with E-state index in [2.05, 4.69) is 21.2 Å². The highest BCUT2D eigenvalue weighted by Gasteiger charge is 2.38. The lowest BCUT2D eigenvalue weighted by Crippen LogP contribution is -2.39. The molecule has 0 aromatic rings. The Hall–Kier alpha value is -0.450. The first-order valence-electron chi connectivity index (χ1n) is 4.28. The summed E-state index contributed by atoms with van der Waals surface area (Å²) in [6.45, 7) is 5.63. The van der Waals surface area contributed by atoms with Gasteiger partial charge in [0.05, 0.1) is 0 Å². The minimum atomic E-state index is -4.22. The summed E-state index contributed by atoms with van der Waals surface area (Å²) in [5, 5.41) is 2.23. The predicted octanol–water partition coefficient (Wildman–Crippen LogP) is 3.73. The lowest BCUT2D eigenvalue weighted by molar-refractivity contribution is -0.142. The van der Waals surface area contributed by atoms with Crippen LogP contribution in [0.4, 0.5) is 13.2 Å². The van der Waals surface area contributed by atoms with E-state index in [9.17, 15) is 13.2 Å². The van der Waals surface area contributed by atoms with Crippen LogP contribution in [0.2, 0.25) is 0 Å². The highest BCUT2D eigenvalue weighted by molar-refractivity contribution is 9.12. The van der Waals surface area contributed by atoms with Gasteiger partial charge in [-0.05, 0) is 34.5 Å². The Labute approximate surface area is 90.2 Å². The zero-order chi connectivity index (χ0) is 11.4. The van der Waals surface area contributed by atoms with Crippen LogP contribution in [0, 0.1) is 0 Å². The third-order valence-corrected chi connectivity index (χ3v) is 2.39. The van der Waals surface area contributed by atoms with Gasteiger partial charge < -0.3 is 5.32 Å². The van der Waals surface area contributed by atoms with E-state index in [-0.39, 0.29) is 0 Å². The Morgan fingerprint density at radius 1 is 1.36 bits per heavy atom. The Morgan fingerprint density at radius 3 is 2.21 bits per heavy atom. The first-order chi connectivity index (χ1) is 6.41. The number of dihydropyridines is 1. The van der Waals surface area contributed by atoms with Gasteiger partial charge in [-0.2, -0.15) is 13.2 Å². The normalized spacial score (nSPS) is 21.2. The van der Waals surface area contributed by atoms with Gasteiger partial charge in [-0.15, -0.1) is 0 Å². The molecule has 0 saturated carbocycles. The molecule has 0 aliphatic carbocycles. The van der Waals surface area contributed by atoms with Crippen molar-refractivity contribution in [2.24, 2.45) is 0 Å². The predicted molar refractivity (Wildman–Crippen MR) is 55.1 cm³/mol. The van der Waals surface area contributed by atoms with Crippen molar-refractivity contribution in [3.8, 4) is 0 Å². The van der Waals surface area contributed by atoms with Crippen molar-refractivity contribution in [3.63, 3.8) is 0 Å². The number of hydrogen-bond donors (Lipinski definition) is 1. The maximum Gasteiger partial charge on any atom is 0.412 e. The molecule has 1 aliphatic heterocycles. The summed E-state index contributed by atoms with van der Waals surface area (Å²) >= 11 is 3.11. The molecule has 0 amide bonds. The maximum absolute atomic E-state index is 12.1. The fourth-order valence-electron chi connectivity index (χ4n) is 0.843. The van der Waals surface area contributed by atoms with Gasteiger partial charge in [-0.1, -0.05) is 13.8 Å². The molecular weight excluding hydrogens is 259 g/mol. The first-order valence-corrected chi connectivity index (χ1v) is 5.08. The van der Waals surface area contributed by atoms with Gasteiger partial charge in [0.2, 0.25) is 0 Å². The van der Waals surface area contributed by atoms with Gasteiger partial charge in [0.1, 0.15) is 6.04 Å². The monoisotopic (exact) mass is 271 g/mol. The van der Waals surface area contributed by atoms with Crippen molar-refractivity contribution in [2.45, 2.75) is 33.0 Å². The molecule has 1 aliphatic rings. The van der Waals surface area contributed by atoms with Crippen LogP contribution in [-0.4, -0.2) is 12.2 Å². The molecule has 1 heterocycles. The zero-order valence-electron chi connectivity index (χ0n) is 8.24. The SMILES string of the molecule is CC.CC1=CC(C(F)(F)F)NC=C1Br. The minimum Gasteiger partial charge on any atom is -0.376 e. The molecule has 0 bridgehead atoms. The Balaban J connectivity index is 0.000000791. The van der Waals surface area contributed by atoms with Gasteiger partial charge >= 0.3 is 6.18 Å². The molecule has 5 heteroatoms. The Kier molecular flexibility index (Phi) is 5.26. The third kappa shape index (κ3) is 3.74. The summed E-state index contributed by atoms with van der Waals surface area (Å²) in [7, 11) is 0. The zero-order valence-corrected chi connectivity index (χ0v) is 9.83. The summed E-state index contributed by atoms with van der Waals surface area (Å²) in [4.78, 5) is 0. The van der Waals surface area contributed by atoms with Crippen molar-refractivity contribution in [2.75, 3.05) is 0 Å². The number of allylic oxidation sites excluding steroid dienone is 2. The number of alkyl halides is 3. The van der Waals surface area contributed by atoms with E-state index >= 15 is 0 Å². The lowest BCUT2D eigenvalue weighted by atomic mass is 10.1.